The molecule has 0 unspecified atom stereocenters. The topological polar surface area (TPSA) is 51.7 Å². The molecule has 3 aromatic rings. The van der Waals surface area contributed by atoms with Gasteiger partial charge in [0.05, 0.1) is 32.0 Å². The highest BCUT2D eigenvalue weighted by Gasteiger charge is 2.25. The van der Waals surface area contributed by atoms with Crippen LogP contribution in [0.15, 0.2) is 24.5 Å². The van der Waals surface area contributed by atoms with Gasteiger partial charge in [-0.1, -0.05) is 19.3 Å². The first-order valence-corrected chi connectivity index (χ1v) is 11.8. The Morgan fingerprint density at radius 1 is 1.16 bits per heavy atom. The third-order valence-electron chi connectivity index (χ3n) is 6.20. The van der Waals surface area contributed by atoms with Gasteiger partial charge in [-0.2, -0.15) is 0 Å². The van der Waals surface area contributed by atoms with Crippen LogP contribution in [-0.4, -0.2) is 43.0 Å². The number of ether oxygens (including phenoxy) is 2. The van der Waals surface area contributed by atoms with E-state index < -0.39 is 13.0 Å². The fraction of sp³-hybridized carbons (Fsp3) is 0.500. The van der Waals surface area contributed by atoms with Crippen molar-refractivity contribution in [3.8, 4) is 11.5 Å². The molecule has 1 fully saturated rings. The summed E-state index contributed by atoms with van der Waals surface area (Å²) in [6.07, 6.45) is 6.63. The van der Waals surface area contributed by atoms with E-state index in [1.54, 1.807) is 26.6 Å². The van der Waals surface area contributed by atoms with Crippen LogP contribution in [0.4, 0.5) is 8.78 Å². The number of alkyl halides is 2. The van der Waals surface area contributed by atoms with Crippen molar-refractivity contribution in [3.05, 3.63) is 29.4 Å². The summed E-state index contributed by atoms with van der Waals surface area (Å²) < 4.78 is 38.9. The maximum Gasteiger partial charge on any atom is 0.255 e. The molecule has 0 N–H and O–H groups in total. The van der Waals surface area contributed by atoms with Gasteiger partial charge in [-0.15, -0.1) is 11.3 Å². The van der Waals surface area contributed by atoms with Gasteiger partial charge in [0.25, 0.3) is 6.43 Å². The fourth-order valence-corrected chi connectivity index (χ4v) is 5.90. The zero-order valence-corrected chi connectivity index (χ0v) is 19.2. The van der Waals surface area contributed by atoms with Gasteiger partial charge in [0, 0.05) is 39.9 Å². The molecule has 5 nitrogen and oxygen atoms in total. The standard InChI is InChI=1S/C24H28F2N2O3S/c1-30-22-18-11-16(32-24(18)23(31-2)17-8-9-27-12-19(17)22)13-28(14-20(25)26)21(29)10-15-6-4-3-5-7-15/h8-9,11-12,15,20H,3-7,10,13-14H2,1-2H3. The average molecular weight is 463 g/mol. The summed E-state index contributed by atoms with van der Waals surface area (Å²) in [5.74, 6) is 1.48. The largest absolute Gasteiger partial charge is 0.495 e. The maximum absolute atomic E-state index is 13.3. The van der Waals surface area contributed by atoms with Crippen molar-refractivity contribution in [2.75, 3.05) is 20.8 Å². The van der Waals surface area contributed by atoms with E-state index in [0.717, 1.165) is 51.4 Å². The highest BCUT2D eigenvalue weighted by Crippen LogP contribution is 2.46. The van der Waals surface area contributed by atoms with E-state index in [4.69, 9.17) is 9.47 Å². The summed E-state index contributed by atoms with van der Waals surface area (Å²) in [5, 5.41) is 2.53. The molecule has 2 heterocycles. The van der Waals surface area contributed by atoms with Crippen LogP contribution in [-0.2, 0) is 11.3 Å². The van der Waals surface area contributed by atoms with Gasteiger partial charge in [-0.05, 0) is 30.9 Å². The number of aromatic nitrogens is 1. The lowest BCUT2D eigenvalue weighted by Crippen LogP contribution is -2.35. The first kappa shape index (κ1) is 22.7. The monoisotopic (exact) mass is 462 g/mol. The SMILES string of the molecule is COc1c2cnccc2c(OC)c2sc(CN(CC(F)F)C(=O)CC3CCCCC3)cc12. The Labute approximate surface area is 190 Å². The molecule has 4 rings (SSSR count). The van der Waals surface area contributed by atoms with E-state index in [0.29, 0.717) is 23.8 Å². The number of methoxy groups -OCH3 is 2. The van der Waals surface area contributed by atoms with Crippen molar-refractivity contribution in [3.63, 3.8) is 0 Å². The predicted octanol–water partition coefficient (Wildman–Crippen LogP) is 6.03. The molecule has 0 bridgehead atoms. The van der Waals surface area contributed by atoms with E-state index in [-0.39, 0.29) is 12.5 Å². The van der Waals surface area contributed by atoms with Crippen LogP contribution in [0.2, 0.25) is 0 Å². The van der Waals surface area contributed by atoms with E-state index in [2.05, 4.69) is 4.98 Å². The number of amides is 1. The molecule has 0 spiro atoms. The molecule has 32 heavy (non-hydrogen) atoms. The van der Waals surface area contributed by atoms with Gasteiger partial charge in [0.2, 0.25) is 5.91 Å². The highest BCUT2D eigenvalue weighted by molar-refractivity contribution is 7.19. The minimum atomic E-state index is -2.57. The van der Waals surface area contributed by atoms with Gasteiger partial charge < -0.3 is 14.4 Å². The summed E-state index contributed by atoms with van der Waals surface area (Å²) in [7, 11) is 3.21. The van der Waals surface area contributed by atoms with E-state index in [1.807, 2.05) is 12.1 Å². The smallest absolute Gasteiger partial charge is 0.255 e. The summed E-state index contributed by atoms with van der Waals surface area (Å²) in [4.78, 5) is 19.3. The lowest BCUT2D eigenvalue weighted by molar-refractivity contribution is -0.135. The van der Waals surface area contributed by atoms with Gasteiger partial charge in [-0.3, -0.25) is 9.78 Å². The van der Waals surface area contributed by atoms with Crippen LogP contribution >= 0.6 is 11.3 Å². The molecule has 1 aliphatic carbocycles. The number of hydrogen-bond donors (Lipinski definition) is 0. The number of pyridine rings is 1. The fourth-order valence-electron chi connectivity index (χ4n) is 4.70. The first-order valence-electron chi connectivity index (χ1n) is 11.0. The molecule has 1 aliphatic rings. The Hall–Kier alpha value is -2.48. The first-order chi connectivity index (χ1) is 15.5. The number of benzene rings is 1. The molecule has 172 valence electrons. The number of thiophene rings is 1. The van der Waals surface area contributed by atoms with E-state index >= 15 is 0 Å². The van der Waals surface area contributed by atoms with Crippen molar-refractivity contribution >= 4 is 38.1 Å². The zero-order chi connectivity index (χ0) is 22.7. The zero-order valence-electron chi connectivity index (χ0n) is 18.4. The van der Waals surface area contributed by atoms with Crippen molar-refractivity contribution in [1.29, 1.82) is 0 Å². The summed E-state index contributed by atoms with van der Waals surface area (Å²) in [6.45, 7) is -0.407. The van der Waals surface area contributed by atoms with Crippen LogP contribution in [0, 0.1) is 5.92 Å². The number of fused-ring (bicyclic) bond motifs is 2. The number of halogens is 2. The van der Waals surface area contributed by atoms with Crippen LogP contribution in [0.1, 0.15) is 43.4 Å². The number of carbonyl (C=O) groups excluding carboxylic acids is 1. The second-order valence-corrected chi connectivity index (χ2v) is 9.45. The molecule has 8 heteroatoms. The number of carbonyl (C=O) groups is 1. The molecule has 0 saturated heterocycles. The van der Waals surface area contributed by atoms with Crippen molar-refractivity contribution in [2.24, 2.45) is 5.92 Å². The third-order valence-corrected chi connectivity index (χ3v) is 7.32. The van der Waals surface area contributed by atoms with Crippen LogP contribution in [0.25, 0.3) is 20.9 Å². The Balaban J connectivity index is 1.67. The molecular formula is C24H28F2N2O3S. The number of nitrogens with zero attached hydrogens (tertiary/aromatic N) is 2. The van der Waals surface area contributed by atoms with Crippen molar-refractivity contribution < 1.29 is 23.0 Å². The molecular weight excluding hydrogens is 434 g/mol. The number of rotatable bonds is 8. The predicted molar refractivity (Wildman–Crippen MR) is 123 cm³/mol. The summed E-state index contributed by atoms with van der Waals surface area (Å²) >= 11 is 1.45. The minimum absolute atomic E-state index is 0.149. The Bertz CT molecular complexity index is 1040. The molecule has 0 aliphatic heterocycles. The average Bonchev–Trinajstić information content (AvgIpc) is 3.20. The van der Waals surface area contributed by atoms with E-state index in [1.165, 1.54) is 22.7 Å². The molecule has 2 aromatic heterocycles. The van der Waals surface area contributed by atoms with Gasteiger partial charge in [0.1, 0.15) is 11.5 Å². The Morgan fingerprint density at radius 3 is 2.59 bits per heavy atom. The third kappa shape index (κ3) is 4.65. The van der Waals surface area contributed by atoms with E-state index in [9.17, 15) is 13.6 Å². The van der Waals surface area contributed by atoms with Crippen LogP contribution in [0.5, 0.6) is 11.5 Å². The Kier molecular flexibility index (Phi) is 7.08. The summed E-state index contributed by atoms with van der Waals surface area (Å²) in [6, 6.07) is 3.78. The molecule has 0 atom stereocenters. The van der Waals surface area contributed by atoms with Crippen LogP contribution in [0.3, 0.4) is 0 Å². The minimum Gasteiger partial charge on any atom is -0.495 e. The van der Waals surface area contributed by atoms with Crippen molar-refractivity contribution in [2.45, 2.75) is 51.5 Å². The van der Waals surface area contributed by atoms with Gasteiger partial charge in [-0.25, -0.2) is 8.78 Å². The highest BCUT2D eigenvalue weighted by atomic mass is 32.1. The summed E-state index contributed by atoms with van der Waals surface area (Å²) in [5.41, 5.74) is 0. The molecule has 1 amide bonds. The second kappa shape index (κ2) is 9.98. The lowest BCUT2D eigenvalue weighted by atomic mass is 9.86. The Morgan fingerprint density at radius 2 is 1.91 bits per heavy atom. The van der Waals surface area contributed by atoms with Gasteiger partial charge >= 0.3 is 0 Å². The normalized spacial score (nSPS) is 14.9. The maximum atomic E-state index is 13.3. The molecule has 0 radical (unpaired) electrons. The molecule has 1 saturated carbocycles. The van der Waals surface area contributed by atoms with Crippen LogP contribution < -0.4 is 9.47 Å². The van der Waals surface area contributed by atoms with Crippen molar-refractivity contribution in [1.82, 2.24) is 9.88 Å². The second-order valence-electron chi connectivity index (χ2n) is 8.32. The number of hydrogen-bond acceptors (Lipinski definition) is 5. The molecule has 1 aromatic carbocycles. The van der Waals surface area contributed by atoms with Gasteiger partial charge in [0.15, 0.2) is 0 Å². The lowest BCUT2D eigenvalue weighted by Gasteiger charge is -2.26. The quantitative estimate of drug-likeness (QED) is 0.410.